The zero-order valence-electron chi connectivity index (χ0n) is 24.3. The lowest BCUT2D eigenvalue weighted by atomic mass is 10.1. The standard InChI is InChI=1S/C31H39N5O4/c1-20(2)15-16-34-26-14-11-21(18-33(6)30(39)40-31(3,4)5)17-24(26)32-27(34)19-35-25-10-8-7-9-23(25)28(37)36(29(35)38)22-12-13-22/h7-11,14,17,20,22H,12-13,15-16,18-19H2,1-6H3. The van der Waals surface area contributed by atoms with E-state index in [-0.39, 0.29) is 29.9 Å². The lowest BCUT2D eigenvalue weighted by molar-refractivity contribution is 0.0285. The zero-order chi connectivity index (χ0) is 28.8. The topological polar surface area (TPSA) is 91.4 Å². The van der Waals surface area contributed by atoms with Gasteiger partial charge >= 0.3 is 11.8 Å². The lowest BCUT2D eigenvalue weighted by Gasteiger charge is -2.24. The van der Waals surface area contributed by atoms with Gasteiger partial charge in [0, 0.05) is 26.2 Å². The molecule has 212 valence electrons. The third kappa shape index (κ3) is 5.69. The van der Waals surface area contributed by atoms with Crippen molar-refractivity contribution in [2.24, 2.45) is 5.92 Å². The summed E-state index contributed by atoms with van der Waals surface area (Å²) in [5, 5.41) is 0.548. The Hall–Kier alpha value is -3.88. The number of benzene rings is 2. The largest absolute Gasteiger partial charge is 0.444 e. The van der Waals surface area contributed by atoms with Gasteiger partial charge in [-0.3, -0.25) is 13.9 Å². The van der Waals surface area contributed by atoms with Crippen LogP contribution in [-0.4, -0.2) is 42.3 Å². The van der Waals surface area contributed by atoms with Crippen LogP contribution >= 0.6 is 0 Å². The fourth-order valence-corrected chi connectivity index (χ4v) is 5.05. The van der Waals surface area contributed by atoms with Crippen molar-refractivity contribution in [3.8, 4) is 0 Å². The van der Waals surface area contributed by atoms with Gasteiger partial charge in [0.1, 0.15) is 11.4 Å². The molecule has 2 heterocycles. The predicted molar refractivity (Wildman–Crippen MR) is 157 cm³/mol. The van der Waals surface area contributed by atoms with Gasteiger partial charge < -0.3 is 14.2 Å². The van der Waals surface area contributed by atoms with E-state index in [4.69, 9.17) is 9.72 Å². The molecule has 0 atom stereocenters. The Morgan fingerprint density at radius 1 is 1.07 bits per heavy atom. The van der Waals surface area contributed by atoms with Crippen molar-refractivity contribution < 1.29 is 9.53 Å². The molecule has 1 amide bonds. The molecule has 9 nitrogen and oxygen atoms in total. The molecule has 1 aliphatic rings. The Morgan fingerprint density at radius 3 is 2.48 bits per heavy atom. The maximum absolute atomic E-state index is 13.7. The van der Waals surface area contributed by atoms with Gasteiger partial charge in [0.25, 0.3) is 5.56 Å². The quantitative estimate of drug-likeness (QED) is 0.299. The van der Waals surface area contributed by atoms with Crippen LogP contribution < -0.4 is 11.2 Å². The molecule has 1 saturated carbocycles. The highest BCUT2D eigenvalue weighted by atomic mass is 16.6. The Bertz CT molecular complexity index is 1680. The average Bonchev–Trinajstić information content (AvgIpc) is 3.65. The molecule has 0 saturated heterocycles. The van der Waals surface area contributed by atoms with Crippen LogP contribution in [-0.2, 0) is 24.4 Å². The number of carbonyl (C=O) groups excluding carboxylic acids is 1. The highest BCUT2D eigenvalue weighted by Crippen LogP contribution is 2.32. The van der Waals surface area contributed by atoms with Crippen molar-refractivity contribution in [3.05, 3.63) is 74.7 Å². The SMILES string of the molecule is CC(C)CCn1c(Cn2c(=O)n(C3CC3)c(=O)c3ccccc32)nc2cc(CN(C)C(=O)OC(C)(C)C)ccc21. The van der Waals surface area contributed by atoms with E-state index in [1.807, 2.05) is 57.2 Å². The minimum Gasteiger partial charge on any atom is -0.444 e. The molecule has 2 aromatic heterocycles. The van der Waals surface area contributed by atoms with E-state index in [0.717, 1.165) is 48.2 Å². The van der Waals surface area contributed by atoms with E-state index in [1.165, 1.54) is 4.57 Å². The molecule has 40 heavy (non-hydrogen) atoms. The van der Waals surface area contributed by atoms with Crippen LogP contribution in [0, 0.1) is 5.92 Å². The van der Waals surface area contributed by atoms with Gasteiger partial charge in [-0.05, 0) is 75.8 Å². The maximum Gasteiger partial charge on any atom is 0.410 e. The summed E-state index contributed by atoms with van der Waals surface area (Å²) >= 11 is 0. The molecular formula is C31H39N5O4. The summed E-state index contributed by atoms with van der Waals surface area (Å²) in [6, 6.07) is 13.3. The van der Waals surface area contributed by atoms with Crippen LogP contribution in [0.2, 0.25) is 0 Å². The summed E-state index contributed by atoms with van der Waals surface area (Å²) in [7, 11) is 1.72. The monoisotopic (exact) mass is 545 g/mol. The number of imidazole rings is 1. The van der Waals surface area contributed by atoms with Gasteiger partial charge in [0.05, 0.1) is 28.5 Å². The Labute approximate surface area is 234 Å². The van der Waals surface area contributed by atoms with E-state index < -0.39 is 5.60 Å². The molecule has 4 aromatic rings. The van der Waals surface area contributed by atoms with Crippen LogP contribution in [0.15, 0.2) is 52.1 Å². The van der Waals surface area contributed by atoms with Crippen molar-refractivity contribution in [1.82, 2.24) is 23.6 Å². The summed E-state index contributed by atoms with van der Waals surface area (Å²) in [5.74, 6) is 1.26. The minimum absolute atomic E-state index is 0.0277. The highest BCUT2D eigenvalue weighted by molar-refractivity contribution is 5.79. The summed E-state index contributed by atoms with van der Waals surface area (Å²) in [4.78, 5) is 45.9. The smallest absolute Gasteiger partial charge is 0.410 e. The summed E-state index contributed by atoms with van der Waals surface area (Å²) in [5.41, 5.74) is 2.28. The van der Waals surface area contributed by atoms with Crippen LogP contribution in [0.5, 0.6) is 0 Å². The first-order chi connectivity index (χ1) is 18.9. The summed E-state index contributed by atoms with van der Waals surface area (Å²) < 4.78 is 10.8. The van der Waals surface area contributed by atoms with Crippen LogP contribution in [0.3, 0.4) is 0 Å². The number of hydrogen-bond acceptors (Lipinski definition) is 5. The van der Waals surface area contributed by atoms with E-state index >= 15 is 0 Å². The fourth-order valence-electron chi connectivity index (χ4n) is 5.05. The molecule has 0 bridgehead atoms. The maximum atomic E-state index is 13.7. The third-order valence-electron chi connectivity index (χ3n) is 7.24. The van der Waals surface area contributed by atoms with Crippen molar-refractivity contribution >= 4 is 28.0 Å². The first-order valence-corrected chi connectivity index (χ1v) is 14.1. The van der Waals surface area contributed by atoms with Crippen molar-refractivity contribution in [3.63, 3.8) is 0 Å². The van der Waals surface area contributed by atoms with Gasteiger partial charge in [0.2, 0.25) is 0 Å². The Kier molecular flexibility index (Phi) is 7.33. The molecule has 0 spiro atoms. The molecule has 0 radical (unpaired) electrons. The number of ether oxygens (including phenoxy) is 1. The fraction of sp³-hybridized carbons (Fsp3) is 0.484. The predicted octanol–water partition coefficient (Wildman–Crippen LogP) is 5.31. The molecule has 9 heteroatoms. The second kappa shape index (κ2) is 10.6. The minimum atomic E-state index is -0.566. The molecular weight excluding hydrogens is 506 g/mol. The molecule has 1 fully saturated rings. The molecule has 0 unspecified atom stereocenters. The summed E-state index contributed by atoms with van der Waals surface area (Å²) in [6.07, 6.45) is 2.27. The molecule has 2 aromatic carbocycles. The van der Waals surface area contributed by atoms with Gasteiger partial charge in [0.15, 0.2) is 0 Å². The Morgan fingerprint density at radius 2 is 1.80 bits per heavy atom. The number of aryl methyl sites for hydroxylation is 1. The number of hydrogen-bond donors (Lipinski definition) is 0. The molecule has 1 aliphatic carbocycles. The van der Waals surface area contributed by atoms with Crippen molar-refractivity contribution in [2.45, 2.75) is 85.2 Å². The van der Waals surface area contributed by atoms with Gasteiger partial charge in [-0.15, -0.1) is 0 Å². The van der Waals surface area contributed by atoms with E-state index in [0.29, 0.717) is 23.4 Å². The van der Waals surface area contributed by atoms with Gasteiger partial charge in [-0.2, -0.15) is 0 Å². The van der Waals surface area contributed by atoms with Crippen LogP contribution in [0.1, 0.15) is 71.3 Å². The lowest BCUT2D eigenvalue weighted by Crippen LogP contribution is -2.40. The van der Waals surface area contributed by atoms with E-state index in [9.17, 15) is 14.4 Å². The van der Waals surface area contributed by atoms with E-state index in [1.54, 1.807) is 22.6 Å². The molecule has 0 N–H and O–H groups in total. The summed E-state index contributed by atoms with van der Waals surface area (Å²) in [6.45, 7) is 11.3. The van der Waals surface area contributed by atoms with Gasteiger partial charge in [-0.25, -0.2) is 14.6 Å². The first-order valence-electron chi connectivity index (χ1n) is 14.1. The number of carbonyl (C=O) groups is 1. The highest BCUT2D eigenvalue weighted by Gasteiger charge is 2.29. The number of aromatic nitrogens is 4. The number of amides is 1. The first kappa shape index (κ1) is 27.7. The number of rotatable bonds is 8. The van der Waals surface area contributed by atoms with Crippen LogP contribution in [0.25, 0.3) is 21.9 Å². The average molecular weight is 546 g/mol. The molecule has 0 aliphatic heterocycles. The van der Waals surface area contributed by atoms with Crippen molar-refractivity contribution in [1.29, 1.82) is 0 Å². The number of fused-ring (bicyclic) bond motifs is 2. The van der Waals surface area contributed by atoms with E-state index in [2.05, 4.69) is 18.4 Å². The Balaban J connectivity index is 1.55. The van der Waals surface area contributed by atoms with Crippen molar-refractivity contribution in [2.75, 3.05) is 7.05 Å². The third-order valence-corrected chi connectivity index (χ3v) is 7.24. The zero-order valence-corrected chi connectivity index (χ0v) is 24.3. The normalized spacial score (nSPS) is 13.9. The number of nitrogens with zero attached hydrogens (tertiary/aromatic N) is 5. The molecule has 5 rings (SSSR count). The van der Waals surface area contributed by atoms with Crippen LogP contribution in [0.4, 0.5) is 4.79 Å². The number of para-hydroxylation sites is 1. The van der Waals surface area contributed by atoms with Gasteiger partial charge in [-0.1, -0.05) is 32.0 Å². The second-order valence-corrected chi connectivity index (χ2v) is 12.3. The second-order valence-electron chi connectivity index (χ2n) is 12.3.